The van der Waals surface area contributed by atoms with Gasteiger partial charge in [0.25, 0.3) is 0 Å². The van der Waals surface area contributed by atoms with E-state index in [1.54, 1.807) is 10.9 Å². The molecule has 0 aliphatic rings. The summed E-state index contributed by atoms with van der Waals surface area (Å²) in [4.78, 5) is 0. The third kappa shape index (κ3) is 3.75. The monoisotopic (exact) mass is 234 g/mol. The maximum absolute atomic E-state index is 9.85. The summed E-state index contributed by atoms with van der Waals surface area (Å²) >= 11 is 0. The zero-order valence-corrected chi connectivity index (χ0v) is 10.0. The maximum Gasteiger partial charge on any atom is 0.103 e. The van der Waals surface area contributed by atoms with E-state index in [2.05, 4.69) is 5.10 Å². The van der Waals surface area contributed by atoms with Crippen LogP contribution in [0.15, 0.2) is 35.2 Å². The fourth-order valence-electron chi connectivity index (χ4n) is 1.84. The Morgan fingerprint density at radius 3 is 2.88 bits per heavy atom. The summed E-state index contributed by atoms with van der Waals surface area (Å²) in [5.74, 6) is 0.936. The molecular weight excluding hydrogens is 216 g/mol. The molecule has 4 heteroatoms. The molecule has 0 saturated carbocycles. The van der Waals surface area contributed by atoms with Crippen molar-refractivity contribution >= 4 is 0 Å². The van der Waals surface area contributed by atoms with Crippen molar-refractivity contribution in [1.82, 2.24) is 9.78 Å². The molecular formula is C13H18N2O2. The number of hydrogen-bond acceptors (Lipinski definition) is 3. The van der Waals surface area contributed by atoms with Crippen LogP contribution in [0.25, 0.3) is 0 Å². The lowest BCUT2D eigenvalue weighted by Gasteiger charge is -2.08. The standard InChI is InChI=1S/C13H18N2O2/c1-15-10-11(9-14-15)4-5-12(16)6-7-13-3-2-8-17-13/h2-3,8-10,12,16H,4-7H2,1H3. The summed E-state index contributed by atoms with van der Waals surface area (Å²) in [6, 6.07) is 3.81. The minimum Gasteiger partial charge on any atom is -0.469 e. The van der Waals surface area contributed by atoms with Crippen LogP contribution >= 0.6 is 0 Å². The number of aliphatic hydroxyl groups is 1. The Balaban J connectivity index is 1.69. The number of hydrogen-bond donors (Lipinski definition) is 1. The first-order valence-electron chi connectivity index (χ1n) is 5.92. The third-order valence-electron chi connectivity index (χ3n) is 2.83. The van der Waals surface area contributed by atoms with Gasteiger partial charge in [0.05, 0.1) is 18.6 Å². The van der Waals surface area contributed by atoms with Crippen molar-refractivity contribution in [3.63, 3.8) is 0 Å². The largest absolute Gasteiger partial charge is 0.469 e. The van der Waals surface area contributed by atoms with E-state index in [0.29, 0.717) is 0 Å². The first-order valence-corrected chi connectivity index (χ1v) is 5.92. The molecule has 0 aliphatic carbocycles. The van der Waals surface area contributed by atoms with Crippen molar-refractivity contribution in [2.75, 3.05) is 0 Å². The van der Waals surface area contributed by atoms with Gasteiger partial charge in [-0.25, -0.2) is 0 Å². The second kappa shape index (κ2) is 5.68. The van der Waals surface area contributed by atoms with Gasteiger partial charge in [-0.15, -0.1) is 0 Å². The fourth-order valence-corrected chi connectivity index (χ4v) is 1.84. The molecule has 17 heavy (non-hydrogen) atoms. The van der Waals surface area contributed by atoms with E-state index in [1.165, 1.54) is 5.56 Å². The van der Waals surface area contributed by atoms with Crippen LogP contribution in [-0.2, 0) is 19.9 Å². The summed E-state index contributed by atoms with van der Waals surface area (Å²) in [5.41, 5.74) is 1.17. The van der Waals surface area contributed by atoms with Gasteiger partial charge in [-0.05, 0) is 37.0 Å². The Morgan fingerprint density at radius 2 is 2.24 bits per heavy atom. The van der Waals surface area contributed by atoms with E-state index in [9.17, 15) is 5.11 Å². The molecule has 92 valence electrons. The summed E-state index contributed by atoms with van der Waals surface area (Å²) in [5, 5.41) is 13.9. The molecule has 0 saturated heterocycles. The topological polar surface area (TPSA) is 51.2 Å². The lowest BCUT2D eigenvalue weighted by Crippen LogP contribution is -2.09. The predicted octanol–water partition coefficient (Wildman–Crippen LogP) is 1.94. The molecule has 0 amide bonds. The van der Waals surface area contributed by atoms with Crippen LogP contribution in [-0.4, -0.2) is 21.0 Å². The van der Waals surface area contributed by atoms with Gasteiger partial charge >= 0.3 is 0 Å². The lowest BCUT2D eigenvalue weighted by atomic mass is 10.1. The molecule has 0 radical (unpaired) electrons. The molecule has 2 aromatic rings. The zero-order valence-electron chi connectivity index (χ0n) is 10.0. The summed E-state index contributed by atoms with van der Waals surface area (Å²) < 4.78 is 7.01. The van der Waals surface area contributed by atoms with Gasteiger partial charge in [-0.2, -0.15) is 5.10 Å². The molecule has 0 spiro atoms. The van der Waals surface area contributed by atoms with E-state index in [-0.39, 0.29) is 6.10 Å². The average Bonchev–Trinajstić information content (AvgIpc) is 2.95. The van der Waals surface area contributed by atoms with Crippen molar-refractivity contribution in [3.8, 4) is 0 Å². The van der Waals surface area contributed by atoms with Gasteiger partial charge in [-0.1, -0.05) is 0 Å². The molecule has 0 aliphatic heterocycles. The summed E-state index contributed by atoms with van der Waals surface area (Å²) in [6.07, 6.45) is 8.39. The lowest BCUT2D eigenvalue weighted by molar-refractivity contribution is 0.153. The highest BCUT2D eigenvalue weighted by Crippen LogP contribution is 2.10. The van der Waals surface area contributed by atoms with E-state index >= 15 is 0 Å². The zero-order chi connectivity index (χ0) is 12.1. The number of nitrogens with zero attached hydrogens (tertiary/aromatic N) is 2. The summed E-state index contributed by atoms with van der Waals surface area (Å²) in [6.45, 7) is 0. The van der Waals surface area contributed by atoms with Crippen molar-refractivity contribution < 1.29 is 9.52 Å². The van der Waals surface area contributed by atoms with Gasteiger partial charge in [0.2, 0.25) is 0 Å². The Hall–Kier alpha value is -1.55. The van der Waals surface area contributed by atoms with Gasteiger partial charge in [0, 0.05) is 19.7 Å². The van der Waals surface area contributed by atoms with Crippen LogP contribution in [0.5, 0.6) is 0 Å². The number of furan rings is 1. The first kappa shape index (κ1) is 11.9. The molecule has 4 nitrogen and oxygen atoms in total. The maximum atomic E-state index is 9.85. The van der Waals surface area contributed by atoms with Crippen LogP contribution in [0.4, 0.5) is 0 Å². The molecule has 1 N–H and O–H groups in total. The SMILES string of the molecule is Cn1cc(CCC(O)CCc2ccco2)cn1. The van der Waals surface area contributed by atoms with Crippen molar-refractivity contribution in [2.45, 2.75) is 31.8 Å². The highest BCUT2D eigenvalue weighted by molar-refractivity contribution is 5.04. The van der Waals surface area contributed by atoms with Gasteiger partial charge in [0.1, 0.15) is 5.76 Å². The Kier molecular flexibility index (Phi) is 3.98. The van der Waals surface area contributed by atoms with Crippen LogP contribution in [0.2, 0.25) is 0 Å². The molecule has 1 unspecified atom stereocenters. The smallest absolute Gasteiger partial charge is 0.103 e. The molecule has 2 heterocycles. The molecule has 0 aromatic carbocycles. The molecule has 2 aromatic heterocycles. The van der Waals surface area contributed by atoms with E-state index < -0.39 is 0 Å². The van der Waals surface area contributed by atoms with Crippen molar-refractivity contribution in [3.05, 3.63) is 42.1 Å². The second-order valence-corrected chi connectivity index (χ2v) is 4.33. The van der Waals surface area contributed by atoms with Crippen LogP contribution in [0.3, 0.4) is 0 Å². The first-order chi connectivity index (χ1) is 8.24. The number of aryl methyl sites for hydroxylation is 3. The Morgan fingerprint density at radius 1 is 1.41 bits per heavy atom. The van der Waals surface area contributed by atoms with Gasteiger partial charge in [0.15, 0.2) is 0 Å². The van der Waals surface area contributed by atoms with Crippen molar-refractivity contribution in [1.29, 1.82) is 0 Å². The fraction of sp³-hybridized carbons (Fsp3) is 0.462. The average molecular weight is 234 g/mol. The normalized spacial score (nSPS) is 12.8. The Bertz CT molecular complexity index is 434. The van der Waals surface area contributed by atoms with Crippen LogP contribution in [0.1, 0.15) is 24.2 Å². The van der Waals surface area contributed by atoms with E-state index in [0.717, 1.165) is 31.4 Å². The molecule has 2 rings (SSSR count). The van der Waals surface area contributed by atoms with Crippen LogP contribution < -0.4 is 0 Å². The number of rotatable bonds is 6. The van der Waals surface area contributed by atoms with E-state index in [1.807, 2.05) is 31.6 Å². The van der Waals surface area contributed by atoms with Crippen molar-refractivity contribution in [2.24, 2.45) is 7.05 Å². The predicted molar refractivity (Wildman–Crippen MR) is 64.6 cm³/mol. The highest BCUT2D eigenvalue weighted by Gasteiger charge is 2.07. The minimum absolute atomic E-state index is 0.277. The Labute approximate surface area is 101 Å². The van der Waals surface area contributed by atoms with Gasteiger partial charge < -0.3 is 9.52 Å². The molecule has 0 bridgehead atoms. The van der Waals surface area contributed by atoms with Crippen LogP contribution in [0, 0.1) is 0 Å². The molecule has 1 atom stereocenters. The quantitative estimate of drug-likeness (QED) is 0.831. The second-order valence-electron chi connectivity index (χ2n) is 4.33. The third-order valence-corrected chi connectivity index (χ3v) is 2.83. The summed E-state index contributed by atoms with van der Waals surface area (Å²) in [7, 11) is 1.90. The highest BCUT2D eigenvalue weighted by atomic mass is 16.3. The van der Waals surface area contributed by atoms with Gasteiger partial charge in [-0.3, -0.25) is 4.68 Å². The minimum atomic E-state index is -0.277. The number of aliphatic hydroxyl groups excluding tert-OH is 1. The molecule has 0 fully saturated rings. The van der Waals surface area contributed by atoms with E-state index in [4.69, 9.17) is 4.42 Å². The number of aromatic nitrogens is 2.